The highest BCUT2D eigenvalue weighted by Crippen LogP contribution is 2.32. The second-order valence-corrected chi connectivity index (χ2v) is 10.1. The molecule has 202 valence electrons. The second-order valence-electron chi connectivity index (χ2n) is 10.1. The summed E-state index contributed by atoms with van der Waals surface area (Å²) in [4.78, 5) is 36.2. The normalized spacial score (nSPS) is 16.6. The van der Waals surface area contributed by atoms with Crippen LogP contribution in [0.25, 0.3) is 22.3 Å². The van der Waals surface area contributed by atoms with Crippen molar-refractivity contribution in [2.45, 2.75) is 32.5 Å². The molecule has 1 aliphatic carbocycles. The maximum atomic E-state index is 13.7. The third-order valence-corrected chi connectivity index (χ3v) is 6.99. The Hall–Kier alpha value is -4.06. The molecule has 0 unspecified atom stereocenters. The Morgan fingerprint density at radius 2 is 1.85 bits per heavy atom. The number of hydrogen-bond acceptors (Lipinski definition) is 7. The molecule has 2 aliphatic rings. The molecule has 0 spiro atoms. The number of rotatable bonds is 6. The number of hydrogen-bond donors (Lipinski definition) is 2. The summed E-state index contributed by atoms with van der Waals surface area (Å²) in [6.45, 7) is 4.55. The maximum absolute atomic E-state index is 13.7. The van der Waals surface area contributed by atoms with Gasteiger partial charge in [-0.1, -0.05) is 6.07 Å². The zero-order chi connectivity index (χ0) is 27.1. The number of amides is 1. The van der Waals surface area contributed by atoms with Crippen LogP contribution >= 0.6 is 0 Å². The van der Waals surface area contributed by atoms with Crippen LogP contribution in [0.4, 0.5) is 24.9 Å². The van der Waals surface area contributed by atoms with Crippen LogP contribution in [0.5, 0.6) is 0 Å². The van der Waals surface area contributed by atoms with E-state index in [1.165, 1.54) is 0 Å². The molecule has 3 aromatic heterocycles. The van der Waals surface area contributed by atoms with Gasteiger partial charge in [0.1, 0.15) is 17.3 Å². The van der Waals surface area contributed by atoms with E-state index < -0.39 is 11.9 Å². The Morgan fingerprint density at radius 3 is 2.56 bits per heavy atom. The average molecular weight is 537 g/mol. The smallest absolute Gasteiger partial charge is 0.340 e. The number of anilines is 2. The lowest BCUT2D eigenvalue weighted by Crippen LogP contribution is -2.48. The van der Waals surface area contributed by atoms with Crippen LogP contribution in [0.1, 0.15) is 29.9 Å². The molecular weight excluding hydrogens is 509 g/mol. The zero-order valence-corrected chi connectivity index (χ0v) is 21.3. The van der Waals surface area contributed by atoms with E-state index in [0.29, 0.717) is 55.1 Å². The Balaban J connectivity index is 1.20. The number of imidazole rings is 1. The molecule has 39 heavy (non-hydrogen) atoms. The van der Waals surface area contributed by atoms with E-state index in [4.69, 9.17) is 0 Å². The molecule has 1 saturated carbocycles. The molecule has 1 aliphatic heterocycles. The number of benzene rings is 1. The van der Waals surface area contributed by atoms with E-state index in [2.05, 4.69) is 35.1 Å². The summed E-state index contributed by atoms with van der Waals surface area (Å²) in [5, 5.41) is 2.92. The van der Waals surface area contributed by atoms with E-state index in [1.54, 1.807) is 12.3 Å². The van der Waals surface area contributed by atoms with Gasteiger partial charge in [-0.3, -0.25) is 9.69 Å². The fourth-order valence-corrected chi connectivity index (χ4v) is 4.83. The number of alkyl halides is 3. The van der Waals surface area contributed by atoms with Gasteiger partial charge in [0.05, 0.1) is 16.7 Å². The summed E-state index contributed by atoms with van der Waals surface area (Å²) in [5.74, 6) is 1.36. The summed E-state index contributed by atoms with van der Waals surface area (Å²) in [6.07, 6.45) is -0.993. The van der Waals surface area contributed by atoms with Crippen molar-refractivity contribution in [2.75, 3.05) is 31.5 Å². The molecule has 6 rings (SSSR count). The van der Waals surface area contributed by atoms with Gasteiger partial charge in [-0.2, -0.15) is 13.2 Å². The van der Waals surface area contributed by atoms with Gasteiger partial charge in [-0.05, 0) is 55.7 Å². The molecule has 2 N–H and O–H groups in total. The molecule has 2 fully saturated rings. The van der Waals surface area contributed by atoms with E-state index in [0.717, 1.165) is 30.2 Å². The van der Waals surface area contributed by atoms with Gasteiger partial charge >= 0.3 is 6.18 Å². The Morgan fingerprint density at radius 1 is 1.05 bits per heavy atom. The minimum absolute atomic E-state index is 0.0491. The van der Waals surface area contributed by atoms with Crippen LogP contribution in [0.3, 0.4) is 0 Å². The Kier molecular flexibility index (Phi) is 6.42. The second kappa shape index (κ2) is 9.92. The van der Waals surface area contributed by atoms with Crippen molar-refractivity contribution in [1.29, 1.82) is 0 Å². The van der Waals surface area contributed by atoms with Crippen molar-refractivity contribution in [1.82, 2.24) is 34.7 Å². The van der Waals surface area contributed by atoms with Crippen LogP contribution < -0.4 is 5.32 Å². The molecule has 1 aromatic carbocycles. The molecule has 0 atom stereocenters. The third kappa shape index (κ3) is 5.70. The van der Waals surface area contributed by atoms with E-state index in [9.17, 15) is 18.0 Å². The number of aryl methyl sites for hydroxylation is 1. The van der Waals surface area contributed by atoms with Crippen LogP contribution in [-0.4, -0.2) is 66.8 Å². The predicted octanol–water partition coefficient (Wildman–Crippen LogP) is 4.54. The van der Waals surface area contributed by atoms with Gasteiger partial charge in [-0.15, -0.1) is 0 Å². The number of carbonyl (C=O) groups is 1. The van der Waals surface area contributed by atoms with Crippen LogP contribution in [0, 0.1) is 12.8 Å². The van der Waals surface area contributed by atoms with Crippen molar-refractivity contribution < 1.29 is 18.0 Å². The van der Waals surface area contributed by atoms with E-state index in [1.807, 2.05) is 36.1 Å². The molecule has 1 amide bonds. The lowest BCUT2D eigenvalue weighted by molar-refractivity contribution is -0.141. The van der Waals surface area contributed by atoms with Gasteiger partial charge < -0.3 is 15.2 Å². The fraction of sp³-hybridized carbons (Fsp3) is 0.370. The average Bonchev–Trinajstić information content (AvgIpc) is 3.68. The Labute approximate surface area is 222 Å². The standard InChI is InChI=1S/C27H27F3N8O/c1-16-31-7-6-20(32-16)19-4-5-21-22(14-19)34-26(33-21)36-24-13-17(12-23(35-24)27(28,29)30)15-37-8-10-38(11-9-37)25(39)18-2-3-18/h4-7,12-14,18H,2-3,8-11,15H2,1H3,(H2,33,34,35,36). The maximum Gasteiger partial charge on any atom is 0.433 e. The van der Waals surface area contributed by atoms with Gasteiger partial charge in [0, 0.05) is 50.4 Å². The first-order valence-corrected chi connectivity index (χ1v) is 12.9. The molecule has 12 heteroatoms. The van der Waals surface area contributed by atoms with E-state index >= 15 is 0 Å². The minimum atomic E-state index is -4.60. The molecule has 4 heterocycles. The van der Waals surface area contributed by atoms with Crippen LogP contribution in [-0.2, 0) is 17.5 Å². The number of pyridine rings is 1. The quantitative estimate of drug-likeness (QED) is 0.373. The number of nitrogens with one attached hydrogen (secondary N) is 2. The van der Waals surface area contributed by atoms with Gasteiger partial charge in [0.2, 0.25) is 11.9 Å². The highest BCUT2D eigenvalue weighted by Gasteiger charge is 2.35. The number of aromatic amines is 1. The first-order valence-electron chi connectivity index (χ1n) is 12.9. The SMILES string of the molecule is Cc1nccc(-c2ccc3nc(Nc4cc(CN5CCN(C(=O)C6CC6)CC5)cc(C(F)(F)F)n4)[nH]c3c2)n1. The number of fused-ring (bicyclic) bond motifs is 1. The summed E-state index contributed by atoms with van der Waals surface area (Å²) in [7, 11) is 0. The van der Waals surface area contributed by atoms with Crippen LogP contribution in [0.2, 0.25) is 0 Å². The zero-order valence-electron chi connectivity index (χ0n) is 21.3. The summed E-state index contributed by atoms with van der Waals surface area (Å²) >= 11 is 0. The summed E-state index contributed by atoms with van der Waals surface area (Å²) in [6, 6.07) is 10.1. The van der Waals surface area contributed by atoms with Crippen molar-refractivity contribution >= 4 is 28.7 Å². The first kappa shape index (κ1) is 25.2. The van der Waals surface area contributed by atoms with Gasteiger partial charge in [0.15, 0.2) is 0 Å². The lowest BCUT2D eigenvalue weighted by atomic mass is 10.1. The van der Waals surface area contributed by atoms with Crippen molar-refractivity contribution in [3.8, 4) is 11.3 Å². The number of piperazine rings is 1. The number of carbonyl (C=O) groups excluding carboxylic acids is 1. The van der Waals surface area contributed by atoms with Crippen molar-refractivity contribution in [2.24, 2.45) is 5.92 Å². The monoisotopic (exact) mass is 536 g/mol. The molecule has 4 aromatic rings. The number of halogens is 3. The molecular formula is C27H27F3N8O. The van der Waals surface area contributed by atoms with E-state index in [-0.39, 0.29) is 23.6 Å². The van der Waals surface area contributed by atoms with Crippen molar-refractivity contribution in [3.05, 3.63) is 59.7 Å². The first-order chi connectivity index (χ1) is 18.7. The molecule has 0 radical (unpaired) electrons. The van der Waals surface area contributed by atoms with Gasteiger partial charge in [0.25, 0.3) is 0 Å². The number of H-pyrrole nitrogens is 1. The number of nitrogens with zero attached hydrogens (tertiary/aromatic N) is 6. The van der Waals surface area contributed by atoms with Crippen LogP contribution in [0.15, 0.2) is 42.6 Å². The van der Waals surface area contributed by atoms with Crippen molar-refractivity contribution in [3.63, 3.8) is 0 Å². The third-order valence-electron chi connectivity index (χ3n) is 6.99. The molecule has 1 saturated heterocycles. The largest absolute Gasteiger partial charge is 0.433 e. The highest BCUT2D eigenvalue weighted by molar-refractivity contribution is 5.83. The minimum Gasteiger partial charge on any atom is -0.340 e. The number of aromatic nitrogens is 5. The summed E-state index contributed by atoms with van der Waals surface area (Å²) in [5.41, 5.74) is 2.49. The summed E-state index contributed by atoms with van der Waals surface area (Å²) < 4.78 is 41.1. The predicted molar refractivity (Wildman–Crippen MR) is 139 cm³/mol. The lowest BCUT2D eigenvalue weighted by Gasteiger charge is -2.35. The molecule has 9 nitrogen and oxygen atoms in total. The fourth-order valence-electron chi connectivity index (χ4n) is 4.83. The molecule has 0 bridgehead atoms. The topological polar surface area (TPSA) is 103 Å². The Bertz CT molecular complexity index is 1520. The van der Waals surface area contributed by atoms with Gasteiger partial charge in [-0.25, -0.2) is 19.9 Å². The highest BCUT2D eigenvalue weighted by atomic mass is 19.4.